The largest absolute Gasteiger partial charge is 0.295 e. The van der Waals surface area contributed by atoms with Crippen molar-refractivity contribution in [1.82, 2.24) is 9.78 Å². The predicted octanol–water partition coefficient (Wildman–Crippen LogP) is 5.21. The molecule has 0 aliphatic carbocycles. The number of aromatic nitrogens is 2. The Bertz CT molecular complexity index is 993. The first-order valence-corrected chi connectivity index (χ1v) is 9.62. The Hall–Kier alpha value is -1.67. The van der Waals surface area contributed by atoms with Crippen LogP contribution in [-0.2, 0) is 0 Å². The first kappa shape index (κ1) is 18.1. The van der Waals surface area contributed by atoms with Gasteiger partial charge in [0.15, 0.2) is 0 Å². The van der Waals surface area contributed by atoms with E-state index in [2.05, 4.69) is 48.6 Å². The number of H-pyrrole nitrogens is 1. The van der Waals surface area contributed by atoms with Gasteiger partial charge in [-0.15, -0.1) is 0 Å². The molecule has 0 radical (unpaired) electrons. The Morgan fingerprint density at radius 1 is 1.12 bits per heavy atom. The zero-order valence-corrected chi connectivity index (χ0v) is 17.8. The lowest BCUT2D eigenvalue weighted by molar-refractivity contribution is 0.835. The average Bonchev–Trinajstić information content (AvgIpc) is 2.82. The molecule has 6 heteroatoms. The lowest BCUT2D eigenvalue weighted by Gasteiger charge is -2.05. The predicted molar refractivity (Wildman–Crippen MR) is 115 cm³/mol. The number of hydrogen-bond donors (Lipinski definition) is 1. The third-order valence-electron chi connectivity index (χ3n) is 3.98. The summed E-state index contributed by atoms with van der Waals surface area (Å²) in [6.07, 6.45) is 1.65. The van der Waals surface area contributed by atoms with E-state index in [1.807, 2.05) is 57.2 Å². The highest BCUT2D eigenvalue weighted by Crippen LogP contribution is 2.27. The number of halogens is 2. The maximum absolute atomic E-state index is 12.8. The molecular weight excluding hydrogens is 493 g/mol. The maximum atomic E-state index is 12.8. The minimum absolute atomic E-state index is 0.102. The number of aryl methyl sites for hydroxylation is 3. The van der Waals surface area contributed by atoms with Crippen molar-refractivity contribution in [2.45, 2.75) is 20.8 Å². The molecule has 0 bridgehead atoms. The van der Waals surface area contributed by atoms with E-state index >= 15 is 0 Å². The van der Waals surface area contributed by atoms with Gasteiger partial charge in [0.2, 0.25) is 0 Å². The van der Waals surface area contributed by atoms with Crippen LogP contribution in [0.3, 0.4) is 0 Å². The van der Waals surface area contributed by atoms with E-state index in [-0.39, 0.29) is 5.56 Å². The molecule has 3 rings (SSSR count). The normalized spacial score (nSPS) is 11.4. The molecule has 0 aliphatic heterocycles. The molecule has 3 aromatic rings. The Morgan fingerprint density at radius 3 is 2.32 bits per heavy atom. The van der Waals surface area contributed by atoms with E-state index in [9.17, 15) is 4.79 Å². The topological polar surface area (TPSA) is 50.1 Å². The van der Waals surface area contributed by atoms with E-state index in [0.717, 1.165) is 36.2 Å². The minimum atomic E-state index is -0.102. The Morgan fingerprint density at radius 2 is 1.72 bits per heavy atom. The first-order chi connectivity index (χ1) is 11.9. The second kappa shape index (κ2) is 7.29. The fraction of sp³-hybridized carbons (Fsp3) is 0.158. The molecule has 4 nitrogen and oxygen atoms in total. The molecule has 25 heavy (non-hydrogen) atoms. The van der Waals surface area contributed by atoms with Gasteiger partial charge < -0.3 is 0 Å². The van der Waals surface area contributed by atoms with Crippen molar-refractivity contribution in [1.29, 1.82) is 0 Å². The van der Waals surface area contributed by atoms with E-state index in [0.29, 0.717) is 5.56 Å². The van der Waals surface area contributed by atoms with Gasteiger partial charge in [-0.05, 0) is 90.9 Å². The van der Waals surface area contributed by atoms with Crippen LogP contribution in [-0.4, -0.2) is 16.0 Å². The molecule has 0 atom stereocenters. The highest BCUT2D eigenvalue weighted by Gasteiger charge is 2.11. The lowest BCUT2D eigenvalue weighted by Crippen LogP contribution is -2.17. The zero-order chi connectivity index (χ0) is 18.1. The first-order valence-electron chi connectivity index (χ1n) is 7.75. The summed E-state index contributed by atoms with van der Waals surface area (Å²) in [5.74, 6) is 0. The van der Waals surface area contributed by atoms with Gasteiger partial charge in [-0.3, -0.25) is 14.9 Å². The summed E-state index contributed by atoms with van der Waals surface area (Å²) in [6.45, 7) is 5.91. The number of aliphatic imine (C=N–C) groups is 1. The van der Waals surface area contributed by atoms with Gasteiger partial charge in [0.05, 0.1) is 16.9 Å². The van der Waals surface area contributed by atoms with Crippen molar-refractivity contribution in [3.63, 3.8) is 0 Å². The van der Waals surface area contributed by atoms with Crippen LogP contribution in [0.5, 0.6) is 0 Å². The quantitative estimate of drug-likeness (QED) is 0.382. The SMILES string of the molecule is Cc1cc(Br)cc(C)c1N=Cc1c(C)[nH]n(-c2ccc(I)cc2)c1=O. The second-order valence-corrected chi connectivity index (χ2v) is 8.08. The van der Waals surface area contributed by atoms with Gasteiger partial charge in [0.1, 0.15) is 0 Å². The zero-order valence-electron chi connectivity index (χ0n) is 14.1. The molecule has 0 aliphatic rings. The highest BCUT2D eigenvalue weighted by atomic mass is 127. The summed E-state index contributed by atoms with van der Waals surface area (Å²) < 4.78 is 3.70. The van der Waals surface area contributed by atoms with Crippen molar-refractivity contribution < 1.29 is 0 Å². The number of nitrogens with zero attached hydrogens (tertiary/aromatic N) is 2. The molecule has 1 aromatic heterocycles. The summed E-state index contributed by atoms with van der Waals surface area (Å²) in [6, 6.07) is 11.8. The van der Waals surface area contributed by atoms with Gasteiger partial charge in [-0.2, -0.15) is 0 Å². The highest BCUT2D eigenvalue weighted by molar-refractivity contribution is 14.1. The van der Waals surface area contributed by atoms with Gasteiger partial charge >= 0.3 is 0 Å². The third kappa shape index (κ3) is 3.79. The van der Waals surface area contributed by atoms with Crippen LogP contribution < -0.4 is 5.56 Å². The average molecular weight is 510 g/mol. The van der Waals surface area contributed by atoms with Crippen molar-refractivity contribution >= 4 is 50.4 Å². The monoisotopic (exact) mass is 509 g/mol. The molecule has 0 saturated heterocycles. The number of benzene rings is 2. The Kier molecular flexibility index (Phi) is 5.29. The molecule has 2 aromatic carbocycles. The van der Waals surface area contributed by atoms with Crippen LogP contribution in [0.2, 0.25) is 0 Å². The van der Waals surface area contributed by atoms with Gasteiger partial charge in [-0.25, -0.2) is 4.68 Å². The fourth-order valence-electron chi connectivity index (χ4n) is 2.72. The number of aromatic amines is 1. The third-order valence-corrected chi connectivity index (χ3v) is 5.16. The van der Waals surface area contributed by atoms with Gasteiger partial charge in [-0.1, -0.05) is 15.9 Å². The standard InChI is InChI=1S/C19H17BrIN3O/c1-11-8-14(20)9-12(2)18(11)22-10-17-13(3)23-24(19(17)25)16-6-4-15(21)5-7-16/h4-10,23H,1-3H3. The van der Waals surface area contributed by atoms with Crippen LogP contribution in [0.1, 0.15) is 22.4 Å². The van der Waals surface area contributed by atoms with E-state index in [1.54, 1.807) is 10.9 Å². The second-order valence-electron chi connectivity index (χ2n) is 5.91. The maximum Gasteiger partial charge on any atom is 0.280 e. The molecule has 0 spiro atoms. The van der Waals surface area contributed by atoms with Crippen molar-refractivity contribution in [2.75, 3.05) is 0 Å². The number of nitrogens with one attached hydrogen (secondary N) is 1. The summed E-state index contributed by atoms with van der Waals surface area (Å²) in [4.78, 5) is 17.3. The van der Waals surface area contributed by atoms with Crippen molar-refractivity contribution in [2.24, 2.45) is 4.99 Å². The van der Waals surface area contributed by atoms with Crippen LogP contribution >= 0.6 is 38.5 Å². The Balaban J connectivity index is 2.02. The van der Waals surface area contributed by atoms with Crippen LogP contribution in [0.25, 0.3) is 5.69 Å². The molecular formula is C19H17BrIN3O. The van der Waals surface area contributed by atoms with Crippen LogP contribution in [0.4, 0.5) is 5.69 Å². The van der Waals surface area contributed by atoms with E-state index in [1.165, 1.54) is 0 Å². The van der Waals surface area contributed by atoms with E-state index < -0.39 is 0 Å². The summed E-state index contributed by atoms with van der Waals surface area (Å²) >= 11 is 5.73. The fourth-order valence-corrected chi connectivity index (χ4v) is 3.77. The molecule has 1 heterocycles. The Labute approximate surface area is 168 Å². The summed E-state index contributed by atoms with van der Waals surface area (Å²) in [7, 11) is 0. The van der Waals surface area contributed by atoms with Crippen molar-refractivity contribution in [3.05, 3.63) is 77.2 Å². The molecule has 0 amide bonds. The minimum Gasteiger partial charge on any atom is -0.295 e. The smallest absolute Gasteiger partial charge is 0.280 e. The number of hydrogen-bond acceptors (Lipinski definition) is 2. The molecule has 0 fully saturated rings. The molecule has 0 unspecified atom stereocenters. The van der Waals surface area contributed by atoms with Gasteiger partial charge in [0.25, 0.3) is 5.56 Å². The molecule has 1 N–H and O–H groups in total. The lowest BCUT2D eigenvalue weighted by atomic mass is 10.1. The summed E-state index contributed by atoms with van der Waals surface area (Å²) in [5.41, 5.74) is 5.09. The summed E-state index contributed by atoms with van der Waals surface area (Å²) in [5, 5.41) is 3.13. The molecule has 0 saturated carbocycles. The molecule has 128 valence electrons. The number of rotatable bonds is 3. The van der Waals surface area contributed by atoms with E-state index in [4.69, 9.17) is 0 Å². The van der Waals surface area contributed by atoms with Gasteiger partial charge in [0, 0.05) is 20.0 Å². The van der Waals surface area contributed by atoms with Crippen LogP contribution in [0, 0.1) is 24.3 Å². The van der Waals surface area contributed by atoms with Crippen molar-refractivity contribution in [3.8, 4) is 5.69 Å². The van der Waals surface area contributed by atoms with Crippen LogP contribution in [0.15, 0.2) is 50.7 Å².